The summed E-state index contributed by atoms with van der Waals surface area (Å²) in [5, 5.41) is 18.3. The second-order valence-corrected chi connectivity index (χ2v) is 3.96. The molecule has 0 aliphatic heterocycles. The van der Waals surface area contributed by atoms with Crippen LogP contribution in [0.25, 0.3) is 0 Å². The molecule has 0 saturated carbocycles. The fraction of sp³-hybridized carbons (Fsp3) is 0.214. The summed E-state index contributed by atoms with van der Waals surface area (Å²) in [6.07, 6.45) is 1.94. The number of ether oxygens (including phenoxy) is 1. The molecule has 1 rings (SSSR count). The molecule has 0 saturated heterocycles. The molecule has 0 heterocycles. The quantitative estimate of drug-likeness (QED) is 0.469. The summed E-state index contributed by atoms with van der Waals surface area (Å²) >= 11 is 0. The minimum Gasteiger partial charge on any atom is -0.478 e. The van der Waals surface area contributed by atoms with Crippen LogP contribution in [0.1, 0.15) is 39.6 Å². The van der Waals surface area contributed by atoms with Gasteiger partial charge < -0.3 is 14.9 Å². The number of carboxylic acid groups (broad SMARTS) is 2. The molecule has 2 N–H and O–H groups in total. The van der Waals surface area contributed by atoms with Crippen molar-refractivity contribution < 1.29 is 29.3 Å². The van der Waals surface area contributed by atoms with Crippen LogP contribution in [0.2, 0.25) is 0 Å². The molecule has 0 fully saturated rings. The summed E-state index contributed by atoms with van der Waals surface area (Å²) in [5.41, 5.74) is -0.267. The van der Waals surface area contributed by atoms with Gasteiger partial charge in [0.1, 0.15) is 11.1 Å². The number of aryl methyl sites for hydroxylation is 1. The van der Waals surface area contributed by atoms with Gasteiger partial charge in [0.25, 0.3) is 0 Å². The number of benzene rings is 1. The Morgan fingerprint density at radius 1 is 1.25 bits per heavy atom. The highest BCUT2D eigenvalue weighted by Crippen LogP contribution is 2.29. The zero-order valence-corrected chi connectivity index (χ0v) is 10.9. The second kappa shape index (κ2) is 6.51. The Labute approximate surface area is 115 Å². The number of esters is 1. The van der Waals surface area contributed by atoms with Crippen LogP contribution in [0.4, 0.5) is 0 Å². The molecule has 0 radical (unpaired) electrons. The smallest absolute Gasteiger partial charge is 0.339 e. The molecule has 0 unspecified atom stereocenters. The van der Waals surface area contributed by atoms with Gasteiger partial charge in [-0.05, 0) is 18.1 Å². The molecule has 1 aromatic rings. The normalized spacial score (nSPS) is 9.85. The summed E-state index contributed by atoms with van der Waals surface area (Å²) < 4.78 is 4.82. The molecule has 0 bridgehead atoms. The first-order chi connectivity index (χ1) is 9.42. The molecule has 6 nitrogen and oxygen atoms in total. The van der Waals surface area contributed by atoms with E-state index in [4.69, 9.17) is 9.84 Å². The maximum Gasteiger partial charge on any atom is 0.339 e. The highest BCUT2D eigenvalue weighted by molar-refractivity contribution is 6.01. The molecule has 0 atom stereocenters. The Balaban J connectivity index is 3.55. The Kier molecular flexibility index (Phi) is 5.02. The summed E-state index contributed by atoms with van der Waals surface area (Å²) in [7, 11) is 0. The van der Waals surface area contributed by atoms with Gasteiger partial charge in [-0.3, -0.25) is 0 Å². The molecule has 0 aliphatic carbocycles. The van der Waals surface area contributed by atoms with Crippen molar-refractivity contribution in [2.75, 3.05) is 0 Å². The Bertz CT molecular complexity index is 573. The number of carbonyl (C=O) groups excluding carboxylic acids is 1. The van der Waals surface area contributed by atoms with Crippen molar-refractivity contribution in [2.45, 2.75) is 19.8 Å². The van der Waals surface area contributed by atoms with Crippen molar-refractivity contribution in [2.24, 2.45) is 0 Å². The molecule has 0 spiro atoms. The number of rotatable bonds is 6. The second-order valence-electron chi connectivity index (χ2n) is 3.96. The molecule has 106 valence electrons. The first-order valence-corrected chi connectivity index (χ1v) is 5.89. The maximum absolute atomic E-state index is 11.4. The van der Waals surface area contributed by atoms with Gasteiger partial charge in [0.15, 0.2) is 5.75 Å². The van der Waals surface area contributed by atoms with Gasteiger partial charge in [0.2, 0.25) is 0 Å². The Hall–Kier alpha value is -2.63. The lowest BCUT2D eigenvalue weighted by Crippen LogP contribution is -2.15. The topological polar surface area (TPSA) is 101 Å². The number of hydrogen-bond donors (Lipinski definition) is 2. The van der Waals surface area contributed by atoms with Crippen molar-refractivity contribution in [1.29, 1.82) is 0 Å². The lowest BCUT2D eigenvalue weighted by atomic mass is 9.98. The van der Waals surface area contributed by atoms with Gasteiger partial charge in [-0.2, -0.15) is 0 Å². The van der Waals surface area contributed by atoms with Crippen LogP contribution < -0.4 is 4.74 Å². The Morgan fingerprint density at radius 3 is 2.35 bits per heavy atom. The van der Waals surface area contributed by atoms with Gasteiger partial charge in [-0.1, -0.05) is 26.0 Å². The van der Waals surface area contributed by atoms with Gasteiger partial charge in [0.05, 0.1) is 0 Å². The van der Waals surface area contributed by atoms with Gasteiger partial charge in [-0.15, -0.1) is 0 Å². The van der Waals surface area contributed by atoms with E-state index in [0.29, 0.717) is 18.4 Å². The average molecular weight is 278 g/mol. The van der Waals surface area contributed by atoms with Crippen LogP contribution in [0.3, 0.4) is 0 Å². The van der Waals surface area contributed by atoms with Crippen LogP contribution in [-0.4, -0.2) is 28.1 Å². The molecule has 1 aromatic carbocycles. The highest BCUT2D eigenvalue weighted by atomic mass is 16.5. The van der Waals surface area contributed by atoms with E-state index in [1.165, 1.54) is 12.1 Å². The molecule has 0 aromatic heterocycles. The molecule has 0 amide bonds. The third kappa shape index (κ3) is 3.23. The SMILES string of the molecule is C=CC(=O)Oc1c(C(=O)O)ccc(CCC)c1C(=O)O. The van der Waals surface area contributed by atoms with Gasteiger partial charge >= 0.3 is 17.9 Å². The van der Waals surface area contributed by atoms with E-state index in [1.54, 1.807) is 0 Å². The lowest BCUT2D eigenvalue weighted by Gasteiger charge is -2.13. The van der Waals surface area contributed by atoms with E-state index in [9.17, 15) is 19.5 Å². The standard InChI is InChI=1S/C14H14O6/c1-3-5-8-6-7-9(13(16)17)12(11(8)14(18)19)20-10(15)4-2/h4,6-7H,2-3,5H2,1H3,(H,16,17)(H,18,19). The van der Waals surface area contributed by atoms with Crippen molar-refractivity contribution in [1.82, 2.24) is 0 Å². The first kappa shape index (κ1) is 15.4. The third-order valence-electron chi connectivity index (χ3n) is 2.58. The minimum atomic E-state index is -1.37. The minimum absolute atomic E-state index is 0.304. The molecule has 6 heteroatoms. The van der Waals surface area contributed by atoms with Crippen LogP contribution in [0, 0.1) is 0 Å². The van der Waals surface area contributed by atoms with Gasteiger partial charge in [0, 0.05) is 6.08 Å². The van der Waals surface area contributed by atoms with Crippen LogP contribution in [-0.2, 0) is 11.2 Å². The van der Waals surface area contributed by atoms with Crippen LogP contribution in [0.5, 0.6) is 5.75 Å². The first-order valence-electron chi connectivity index (χ1n) is 5.89. The summed E-state index contributed by atoms with van der Waals surface area (Å²) in [6.45, 7) is 5.05. The third-order valence-corrected chi connectivity index (χ3v) is 2.58. The zero-order valence-electron chi connectivity index (χ0n) is 10.9. The number of hydrogen-bond acceptors (Lipinski definition) is 4. The highest BCUT2D eigenvalue weighted by Gasteiger charge is 2.24. The molecule has 0 aliphatic rings. The van der Waals surface area contributed by atoms with Crippen molar-refractivity contribution >= 4 is 17.9 Å². The van der Waals surface area contributed by atoms with E-state index in [2.05, 4.69) is 6.58 Å². The van der Waals surface area contributed by atoms with E-state index in [1.807, 2.05) is 6.92 Å². The Morgan fingerprint density at radius 2 is 1.90 bits per heavy atom. The predicted molar refractivity (Wildman–Crippen MR) is 70.2 cm³/mol. The largest absolute Gasteiger partial charge is 0.478 e. The van der Waals surface area contributed by atoms with Crippen molar-refractivity contribution in [3.8, 4) is 5.75 Å². The van der Waals surface area contributed by atoms with Crippen LogP contribution in [0.15, 0.2) is 24.8 Å². The number of carbonyl (C=O) groups is 3. The number of aromatic carboxylic acids is 2. The van der Waals surface area contributed by atoms with E-state index < -0.39 is 23.7 Å². The predicted octanol–water partition coefficient (Wildman–Crippen LogP) is 2.13. The summed E-state index contributed by atoms with van der Waals surface area (Å²) in [4.78, 5) is 33.8. The fourth-order valence-electron chi connectivity index (χ4n) is 1.75. The number of carboxylic acids is 2. The van der Waals surface area contributed by atoms with E-state index >= 15 is 0 Å². The molecular formula is C14H14O6. The fourth-order valence-corrected chi connectivity index (χ4v) is 1.75. The van der Waals surface area contributed by atoms with Crippen molar-refractivity contribution in [3.63, 3.8) is 0 Å². The van der Waals surface area contributed by atoms with E-state index in [-0.39, 0.29) is 11.1 Å². The summed E-state index contributed by atoms with van der Waals surface area (Å²) in [6, 6.07) is 2.65. The molecular weight excluding hydrogens is 264 g/mol. The van der Waals surface area contributed by atoms with E-state index in [0.717, 1.165) is 6.08 Å². The maximum atomic E-state index is 11.4. The molecule has 20 heavy (non-hydrogen) atoms. The van der Waals surface area contributed by atoms with Crippen molar-refractivity contribution in [3.05, 3.63) is 41.5 Å². The summed E-state index contributed by atoms with van der Waals surface area (Å²) in [5.74, 6) is -4.09. The van der Waals surface area contributed by atoms with Crippen LogP contribution >= 0.6 is 0 Å². The average Bonchev–Trinajstić information content (AvgIpc) is 2.38. The van der Waals surface area contributed by atoms with Gasteiger partial charge in [-0.25, -0.2) is 14.4 Å². The monoisotopic (exact) mass is 278 g/mol. The lowest BCUT2D eigenvalue weighted by molar-refractivity contribution is -0.129. The zero-order chi connectivity index (χ0) is 15.3.